The first kappa shape index (κ1) is 26.6. The van der Waals surface area contributed by atoms with Crippen LogP contribution in [0.1, 0.15) is 60.2 Å². The van der Waals surface area contributed by atoms with E-state index in [0.29, 0.717) is 49.1 Å². The molecule has 8 heteroatoms. The summed E-state index contributed by atoms with van der Waals surface area (Å²) in [7, 11) is 0. The fourth-order valence-electron chi connectivity index (χ4n) is 5.42. The molecule has 39 heavy (non-hydrogen) atoms. The maximum atomic E-state index is 15.2. The van der Waals surface area contributed by atoms with Crippen molar-refractivity contribution < 1.29 is 23.1 Å². The van der Waals surface area contributed by atoms with Gasteiger partial charge in [-0.15, -0.1) is 0 Å². The second-order valence-electron chi connectivity index (χ2n) is 9.74. The van der Waals surface area contributed by atoms with Crippen LogP contribution in [0.2, 0.25) is 0 Å². The van der Waals surface area contributed by atoms with Crippen molar-refractivity contribution in [3.8, 4) is 0 Å². The zero-order chi connectivity index (χ0) is 27.4. The molecular weight excluding hydrogens is 515 g/mol. The third-order valence-corrected chi connectivity index (χ3v) is 7.61. The molecule has 0 bridgehead atoms. The summed E-state index contributed by atoms with van der Waals surface area (Å²) in [6.45, 7) is 2.13. The number of esters is 1. The van der Waals surface area contributed by atoms with Crippen molar-refractivity contribution in [3.05, 3.63) is 102 Å². The Hall–Kier alpha value is -4.04. The van der Waals surface area contributed by atoms with E-state index in [9.17, 15) is 9.59 Å². The van der Waals surface area contributed by atoms with Crippen LogP contribution in [-0.2, 0) is 14.9 Å². The van der Waals surface area contributed by atoms with Gasteiger partial charge in [0.15, 0.2) is 10.9 Å². The first-order valence-electron chi connectivity index (χ1n) is 13.0. The molecule has 200 valence electrons. The molecule has 4 aromatic rings. The lowest BCUT2D eigenvalue weighted by Crippen LogP contribution is -2.40. The maximum absolute atomic E-state index is 15.2. The predicted octanol–water partition coefficient (Wildman–Crippen LogP) is 6.86. The fourth-order valence-corrected chi connectivity index (χ4v) is 5.63. The highest BCUT2D eigenvalue weighted by atomic mass is 32.1. The molecule has 1 aliphatic rings. The zero-order valence-corrected chi connectivity index (χ0v) is 22.4. The van der Waals surface area contributed by atoms with Gasteiger partial charge in [-0.2, -0.15) is 0 Å². The second-order valence-corrected chi connectivity index (χ2v) is 10.1. The van der Waals surface area contributed by atoms with Crippen LogP contribution in [0.3, 0.4) is 0 Å². The number of ether oxygens (including phenoxy) is 1. The maximum Gasteiger partial charge on any atom is 0.316 e. The number of rotatable bonds is 6. The van der Waals surface area contributed by atoms with Crippen LogP contribution in [0, 0.1) is 5.82 Å². The van der Waals surface area contributed by atoms with Gasteiger partial charge >= 0.3 is 5.97 Å². The van der Waals surface area contributed by atoms with E-state index in [4.69, 9.17) is 21.4 Å². The number of halogens is 1. The van der Waals surface area contributed by atoms with E-state index in [1.54, 1.807) is 24.3 Å². The van der Waals surface area contributed by atoms with Crippen LogP contribution < -0.4 is 10.6 Å². The van der Waals surface area contributed by atoms with Gasteiger partial charge in [0, 0.05) is 11.1 Å². The summed E-state index contributed by atoms with van der Waals surface area (Å²) in [5.41, 5.74) is 1.86. The molecule has 1 fully saturated rings. The van der Waals surface area contributed by atoms with Gasteiger partial charge in [0.1, 0.15) is 11.4 Å². The van der Waals surface area contributed by atoms with Crippen LogP contribution in [0.25, 0.3) is 11.0 Å². The van der Waals surface area contributed by atoms with E-state index in [1.807, 2.05) is 55.5 Å². The number of hydrogen-bond donors (Lipinski definition) is 2. The summed E-state index contributed by atoms with van der Waals surface area (Å²) in [5, 5.41) is 6.28. The number of nitrogens with one attached hydrogen (secondary N) is 2. The standard InChI is InChI=1S/C31H29FN2O4S/c1-2-37-29(36)31(22-9-4-3-5-10-22)16-14-20(15-17-31)24-13-12-23(19-25(24)32)33-30(39)34-28(35)27-18-21-8-6-7-11-26(21)38-27/h3-13,18-20H,2,14-17H2,1H3,(H2,33,34,35,39). The van der Waals surface area contributed by atoms with Gasteiger partial charge in [-0.05, 0) is 86.1 Å². The van der Waals surface area contributed by atoms with Crippen molar-refractivity contribution in [1.29, 1.82) is 0 Å². The SMILES string of the molecule is CCOC(=O)C1(c2ccccc2)CCC(c2ccc(NC(=S)NC(=O)c3cc4ccccc4o3)cc2F)CC1. The fraction of sp³-hybridized carbons (Fsp3) is 0.258. The quantitative estimate of drug-likeness (QED) is 0.204. The number of carbonyl (C=O) groups excluding carboxylic acids is 2. The highest BCUT2D eigenvalue weighted by Crippen LogP contribution is 2.46. The molecule has 6 nitrogen and oxygen atoms in total. The Bertz CT molecular complexity index is 1480. The van der Waals surface area contributed by atoms with Crippen molar-refractivity contribution in [1.82, 2.24) is 5.32 Å². The number of hydrogen-bond acceptors (Lipinski definition) is 5. The average molecular weight is 545 g/mol. The normalized spacial score (nSPS) is 18.9. The van der Waals surface area contributed by atoms with Gasteiger partial charge < -0.3 is 14.5 Å². The van der Waals surface area contributed by atoms with E-state index >= 15 is 4.39 Å². The van der Waals surface area contributed by atoms with Crippen LogP contribution in [0.5, 0.6) is 0 Å². The lowest BCUT2D eigenvalue weighted by molar-refractivity contribution is -0.151. The number of carbonyl (C=O) groups is 2. The summed E-state index contributed by atoms with van der Waals surface area (Å²) in [5.74, 6) is -0.960. The number of benzene rings is 3. The van der Waals surface area contributed by atoms with Gasteiger partial charge in [-0.25, -0.2) is 4.39 Å². The Labute approximate surface area is 231 Å². The van der Waals surface area contributed by atoms with Crippen molar-refractivity contribution in [2.75, 3.05) is 11.9 Å². The first-order valence-corrected chi connectivity index (χ1v) is 13.4. The second kappa shape index (κ2) is 11.4. The summed E-state index contributed by atoms with van der Waals surface area (Å²) in [4.78, 5) is 25.6. The number of furan rings is 1. The van der Waals surface area contributed by atoms with Crippen molar-refractivity contribution in [2.45, 2.75) is 43.9 Å². The topological polar surface area (TPSA) is 80.6 Å². The molecule has 2 N–H and O–H groups in total. The molecule has 1 aromatic heterocycles. The summed E-state index contributed by atoms with van der Waals surface area (Å²) in [6, 6.07) is 23.5. The average Bonchev–Trinajstić information content (AvgIpc) is 3.39. The van der Waals surface area contributed by atoms with Gasteiger partial charge in [-0.1, -0.05) is 54.6 Å². The Morgan fingerprint density at radius 1 is 1.03 bits per heavy atom. The molecule has 5 rings (SSSR count). The Morgan fingerprint density at radius 2 is 1.74 bits per heavy atom. The molecule has 1 saturated carbocycles. The molecule has 1 amide bonds. The molecule has 0 saturated heterocycles. The number of fused-ring (bicyclic) bond motifs is 1. The molecule has 1 heterocycles. The Morgan fingerprint density at radius 3 is 2.44 bits per heavy atom. The monoisotopic (exact) mass is 544 g/mol. The number of amides is 1. The number of anilines is 1. The van der Waals surface area contributed by atoms with Gasteiger partial charge in [0.2, 0.25) is 0 Å². The minimum Gasteiger partial charge on any atom is -0.465 e. The lowest BCUT2D eigenvalue weighted by Gasteiger charge is -2.38. The molecule has 0 spiro atoms. The third kappa shape index (κ3) is 5.56. The van der Waals surface area contributed by atoms with E-state index in [-0.39, 0.29) is 28.6 Å². The van der Waals surface area contributed by atoms with Crippen molar-refractivity contribution >= 4 is 45.9 Å². The predicted molar refractivity (Wildman–Crippen MR) is 152 cm³/mol. The zero-order valence-electron chi connectivity index (χ0n) is 21.5. The smallest absolute Gasteiger partial charge is 0.316 e. The van der Waals surface area contributed by atoms with Crippen molar-refractivity contribution in [3.63, 3.8) is 0 Å². The lowest BCUT2D eigenvalue weighted by atomic mass is 9.65. The Kier molecular flexibility index (Phi) is 7.74. The van der Waals surface area contributed by atoms with Crippen LogP contribution in [0.15, 0.2) is 83.3 Å². The van der Waals surface area contributed by atoms with E-state index in [2.05, 4.69) is 10.6 Å². The number of para-hydroxylation sites is 1. The van der Waals surface area contributed by atoms with Crippen molar-refractivity contribution in [2.24, 2.45) is 0 Å². The summed E-state index contributed by atoms with van der Waals surface area (Å²) in [6.07, 6.45) is 2.47. The molecule has 0 aliphatic heterocycles. The summed E-state index contributed by atoms with van der Waals surface area (Å²) >= 11 is 5.26. The minimum absolute atomic E-state index is 0.0231. The van der Waals surface area contributed by atoms with E-state index in [1.165, 1.54) is 6.07 Å². The van der Waals surface area contributed by atoms with E-state index < -0.39 is 11.3 Å². The Balaban J connectivity index is 1.23. The van der Waals surface area contributed by atoms with Gasteiger partial charge in [0.25, 0.3) is 5.91 Å². The first-order chi connectivity index (χ1) is 18.9. The third-order valence-electron chi connectivity index (χ3n) is 7.41. The highest BCUT2D eigenvalue weighted by Gasteiger charge is 2.45. The van der Waals surface area contributed by atoms with Gasteiger partial charge in [0.05, 0.1) is 12.0 Å². The van der Waals surface area contributed by atoms with E-state index in [0.717, 1.165) is 10.9 Å². The van der Waals surface area contributed by atoms with Gasteiger partial charge in [-0.3, -0.25) is 14.9 Å². The summed E-state index contributed by atoms with van der Waals surface area (Å²) < 4.78 is 26.3. The molecule has 1 aliphatic carbocycles. The molecule has 0 radical (unpaired) electrons. The number of thiocarbonyl (C=S) groups is 1. The molecular formula is C31H29FN2O4S. The van der Waals surface area contributed by atoms with Crippen LogP contribution in [-0.4, -0.2) is 23.6 Å². The molecule has 0 atom stereocenters. The highest BCUT2D eigenvalue weighted by molar-refractivity contribution is 7.80. The molecule has 0 unspecified atom stereocenters. The largest absolute Gasteiger partial charge is 0.465 e. The minimum atomic E-state index is -0.712. The molecule has 3 aromatic carbocycles. The van der Waals surface area contributed by atoms with Crippen LogP contribution in [0.4, 0.5) is 10.1 Å². The van der Waals surface area contributed by atoms with Crippen LogP contribution >= 0.6 is 12.2 Å².